The van der Waals surface area contributed by atoms with Crippen molar-refractivity contribution in [3.05, 3.63) is 76.5 Å². The van der Waals surface area contributed by atoms with Crippen molar-refractivity contribution < 1.29 is 22.8 Å². The number of ketones is 1. The first-order valence-electron chi connectivity index (χ1n) is 9.56. The average Bonchev–Trinajstić information content (AvgIpc) is 2.73. The van der Waals surface area contributed by atoms with Crippen LogP contribution in [0.2, 0.25) is 0 Å². The lowest BCUT2D eigenvalue weighted by atomic mass is 9.77. The summed E-state index contributed by atoms with van der Waals surface area (Å²) in [5.74, 6) is -0.859. The number of allylic oxidation sites excluding steroid dienone is 2. The van der Waals surface area contributed by atoms with E-state index in [2.05, 4.69) is 0 Å². The molecule has 1 amide bonds. The summed E-state index contributed by atoms with van der Waals surface area (Å²) in [5.41, 5.74) is 1.91. The number of nitrogens with zero attached hydrogens (tertiary/aromatic N) is 2. The molecule has 0 N–H and O–H groups in total. The summed E-state index contributed by atoms with van der Waals surface area (Å²) in [7, 11) is 0. The first-order valence-corrected chi connectivity index (χ1v) is 9.56. The van der Waals surface area contributed by atoms with Gasteiger partial charge in [0.05, 0.1) is 17.2 Å². The number of benzene rings is 2. The SMILES string of the molecule is N#Cc1ccc(N2C(=O)CC(c3ccc(C(F)(F)F)cc3)C3=C2CCCC3=O)cc1. The van der Waals surface area contributed by atoms with Gasteiger partial charge in [-0.3, -0.25) is 14.5 Å². The maximum atomic E-state index is 13.1. The summed E-state index contributed by atoms with van der Waals surface area (Å²) in [4.78, 5) is 27.4. The molecule has 1 heterocycles. The van der Waals surface area contributed by atoms with Crippen LogP contribution in [-0.4, -0.2) is 11.7 Å². The molecule has 0 saturated heterocycles. The fourth-order valence-electron chi connectivity index (χ4n) is 4.17. The van der Waals surface area contributed by atoms with Crippen LogP contribution in [0.5, 0.6) is 0 Å². The van der Waals surface area contributed by atoms with Crippen LogP contribution in [0.4, 0.5) is 18.9 Å². The highest BCUT2D eigenvalue weighted by atomic mass is 19.4. The van der Waals surface area contributed by atoms with E-state index in [1.165, 1.54) is 17.0 Å². The van der Waals surface area contributed by atoms with E-state index in [9.17, 15) is 22.8 Å². The summed E-state index contributed by atoms with van der Waals surface area (Å²) >= 11 is 0. The predicted octanol–water partition coefficient (Wildman–Crippen LogP) is 5.10. The summed E-state index contributed by atoms with van der Waals surface area (Å²) in [6.45, 7) is 0. The Labute approximate surface area is 171 Å². The topological polar surface area (TPSA) is 61.2 Å². The van der Waals surface area contributed by atoms with Gasteiger partial charge in [-0.1, -0.05) is 12.1 Å². The molecule has 0 radical (unpaired) electrons. The second-order valence-corrected chi connectivity index (χ2v) is 7.40. The van der Waals surface area contributed by atoms with Crippen molar-refractivity contribution >= 4 is 17.4 Å². The van der Waals surface area contributed by atoms with Crippen molar-refractivity contribution in [3.8, 4) is 6.07 Å². The molecule has 7 heteroatoms. The largest absolute Gasteiger partial charge is 0.416 e. The number of amides is 1. The molecule has 0 bridgehead atoms. The van der Waals surface area contributed by atoms with Crippen LogP contribution < -0.4 is 4.90 Å². The van der Waals surface area contributed by atoms with E-state index in [0.29, 0.717) is 47.3 Å². The molecule has 1 aliphatic carbocycles. The van der Waals surface area contributed by atoms with E-state index in [-0.39, 0.29) is 18.1 Å². The van der Waals surface area contributed by atoms with E-state index in [4.69, 9.17) is 5.26 Å². The minimum absolute atomic E-state index is 0.00403. The number of hydrogen-bond acceptors (Lipinski definition) is 3. The van der Waals surface area contributed by atoms with Gasteiger partial charge in [-0.15, -0.1) is 0 Å². The highest BCUT2D eigenvalue weighted by molar-refractivity contribution is 6.07. The van der Waals surface area contributed by atoms with Crippen molar-refractivity contribution in [2.75, 3.05) is 4.90 Å². The van der Waals surface area contributed by atoms with E-state index in [0.717, 1.165) is 12.1 Å². The lowest BCUT2D eigenvalue weighted by Crippen LogP contribution is -2.40. The Kier molecular flexibility index (Phi) is 4.94. The van der Waals surface area contributed by atoms with Gasteiger partial charge in [0.25, 0.3) is 0 Å². The van der Waals surface area contributed by atoms with Crippen LogP contribution in [0.1, 0.15) is 48.3 Å². The minimum atomic E-state index is -4.45. The van der Waals surface area contributed by atoms with Crippen molar-refractivity contribution in [1.82, 2.24) is 0 Å². The predicted molar refractivity (Wildman–Crippen MR) is 103 cm³/mol. The molecular weight excluding hydrogens is 393 g/mol. The normalized spacial score (nSPS) is 19.5. The third-order valence-electron chi connectivity index (χ3n) is 5.57. The molecular formula is C23H17F3N2O2. The molecule has 2 aromatic rings. The Morgan fingerprint density at radius 3 is 2.23 bits per heavy atom. The maximum absolute atomic E-state index is 13.1. The third kappa shape index (κ3) is 3.50. The van der Waals surface area contributed by atoms with Gasteiger partial charge < -0.3 is 0 Å². The van der Waals surface area contributed by atoms with Crippen molar-refractivity contribution in [1.29, 1.82) is 5.26 Å². The van der Waals surface area contributed by atoms with Gasteiger partial charge in [-0.25, -0.2) is 0 Å². The van der Waals surface area contributed by atoms with Gasteiger partial charge >= 0.3 is 6.18 Å². The highest BCUT2D eigenvalue weighted by Gasteiger charge is 2.40. The van der Waals surface area contributed by atoms with Crippen LogP contribution in [0, 0.1) is 11.3 Å². The van der Waals surface area contributed by atoms with Gasteiger partial charge in [0.2, 0.25) is 5.91 Å². The molecule has 0 saturated carbocycles. The Bertz CT molecular complexity index is 1080. The van der Waals surface area contributed by atoms with Crippen molar-refractivity contribution in [2.45, 2.75) is 37.8 Å². The zero-order valence-corrected chi connectivity index (χ0v) is 15.9. The number of nitriles is 1. The number of carbonyl (C=O) groups excluding carboxylic acids is 2. The Hall–Kier alpha value is -3.40. The zero-order chi connectivity index (χ0) is 21.5. The van der Waals surface area contributed by atoms with Gasteiger partial charge in [0.15, 0.2) is 5.78 Å². The molecule has 0 fully saturated rings. The Morgan fingerprint density at radius 2 is 1.63 bits per heavy atom. The standard InChI is InChI=1S/C23H17F3N2O2/c24-23(25,26)16-8-6-15(7-9-16)18-12-21(30)28(17-10-4-14(13-27)5-11-17)19-2-1-3-20(29)22(18)19/h4-11,18H,1-3,12H2. The van der Waals surface area contributed by atoms with Crippen molar-refractivity contribution in [3.63, 3.8) is 0 Å². The van der Waals surface area contributed by atoms with Gasteiger partial charge in [-0.05, 0) is 54.8 Å². The molecule has 4 rings (SSSR count). The van der Waals surface area contributed by atoms with Crippen LogP contribution in [0.3, 0.4) is 0 Å². The molecule has 4 nitrogen and oxygen atoms in total. The number of carbonyl (C=O) groups is 2. The van der Waals surface area contributed by atoms with Gasteiger partial charge in [0.1, 0.15) is 0 Å². The quantitative estimate of drug-likeness (QED) is 0.692. The lowest BCUT2D eigenvalue weighted by molar-refractivity contribution is -0.137. The molecule has 2 aliphatic rings. The summed E-state index contributed by atoms with van der Waals surface area (Å²) in [6.07, 6.45) is -2.96. The van der Waals surface area contributed by atoms with Crippen LogP contribution in [0.15, 0.2) is 59.8 Å². The number of rotatable bonds is 2. The molecule has 0 aromatic heterocycles. The number of Topliss-reactive ketones (excluding diaryl/α,β-unsaturated/α-hetero) is 1. The lowest BCUT2D eigenvalue weighted by Gasteiger charge is -2.38. The first kappa shape index (κ1) is 19.9. The smallest absolute Gasteiger partial charge is 0.294 e. The molecule has 1 atom stereocenters. The van der Waals surface area contributed by atoms with E-state index in [1.807, 2.05) is 6.07 Å². The van der Waals surface area contributed by atoms with E-state index >= 15 is 0 Å². The summed E-state index contributed by atoms with van der Waals surface area (Å²) in [6, 6.07) is 13.2. The zero-order valence-electron chi connectivity index (χ0n) is 15.9. The Morgan fingerprint density at radius 1 is 0.967 bits per heavy atom. The first-order chi connectivity index (χ1) is 14.3. The van der Waals surface area contributed by atoms with Crippen LogP contribution in [0.25, 0.3) is 0 Å². The summed E-state index contributed by atoms with van der Waals surface area (Å²) in [5, 5.41) is 8.99. The number of hydrogen-bond donors (Lipinski definition) is 0. The van der Waals surface area contributed by atoms with Crippen LogP contribution in [-0.2, 0) is 15.8 Å². The molecule has 1 unspecified atom stereocenters. The second-order valence-electron chi connectivity index (χ2n) is 7.40. The maximum Gasteiger partial charge on any atom is 0.416 e. The van der Waals surface area contributed by atoms with Gasteiger partial charge in [0, 0.05) is 35.7 Å². The second kappa shape index (κ2) is 7.45. The Balaban J connectivity index is 1.78. The third-order valence-corrected chi connectivity index (χ3v) is 5.57. The number of halogens is 3. The molecule has 2 aromatic carbocycles. The van der Waals surface area contributed by atoms with Gasteiger partial charge in [-0.2, -0.15) is 18.4 Å². The fraction of sp³-hybridized carbons (Fsp3) is 0.261. The van der Waals surface area contributed by atoms with Crippen LogP contribution >= 0.6 is 0 Å². The molecule has 30 heavy (non-hydrogen) atoms. The summed E-state index contributed by atoms with van der Waals surface area (Å²) < 4.78 is 38.7. The monoisotopic (exact) mass is 410 g/mol. The van der Waals surface area contributed by atoms with E-state index < -0.39 is 17.7 Å². The number of anilines is 1. The molecule has 1 aliphatic heterocycles. The van der Waals surface area contributed by atoms with Crippen molar-refractivity contribution in [2.24, 2.45) is 0 Å². The molecule has 0 spiro atoms. The number of alkyl halides is 3. The van der Waals surface area contributed by atoms with E-state index in [1.54, 1.807) is 24.3 Å². The fourth-order valence-corrected chi connectivity index (χ4v) is 4.17. The molecule has 152 valence electrons. The highest BCUT2D eigenvalue weighted by Crippen LogP contribution is 2.43. The minimum Gasteiger partial charge on any atom is -0.294 e. The average molecular weight is 410 g/mol.